The van der Waals surface area contributed by atoms with Crippen molar-refractivity contribution in [3.05, 3.63) is 93.5 Å². The molecule has 3 aromatic rings. The van der Waals surface area contributed by atoms with Crippen LogP contribution in [0.1, 0.15) is 16.7 Å². The third kappa shape index (κ3) is 6.59. The summed E-state index contributed by atoms with van der Waals surface area (Å²) < 4.78 is 33.6. The van der Waals surface area contributed by atoms with Crippen molar-refractivity contribution in [2.45, 2.75) is 18.7 Å². The van der Waals surface area contributed by atoms with Gasteiger partial charge in [-0.05, 0) is 49.2 Å². The average molecular weight is 552 g/mol. The minimum atomic E-state index is -4.07. The van der Waals surface area contributed by atoms with Crippen LogP contribution in [-0.4, -0.2) is 58.3 Å². The van der Waals surface area contributed by atoms with E-state index >= 15 is 0 Å². The molecule has 204 valence electrons. The normalized spacial score (nSPS) is 13.8. The van der Waals surface area contributed by atoms with Crippen molar-refractivity contribution < 1.29 is 22.9 Å². The van der Waals surface area contributed by atoms with Crippen LogP contribution in [0.3, 0.4) is 0 Å². The van der Waals surface area contributed by atoms with Gasteiger partial charge in [-0.1, -0.05) is 30.3 Å². The van der Waals surface area contributed by atoms with Gasteiger partial charge < -0.3 is 9.64 Å². The van der Waals surface area contributed by atoms with Gasteiger partial charge >= 0.3 is 0 Å². The van der Waals surface area contributed by atoms with E-state index in [0.717, 1.165) is 9.87 Å². The van der Waals surface area contributed by atoms with Gasteiger partial charge in [0.05, 0.1) is 34.9 Å². The molecule has 1 saturated heterocycles. The van der Waals surface area contributed by atoms with E-state index in [1.807, 2.05) is 17.9 Å². The molecular weight excluding hydrogens is 522 g/mol. The quantitative estimate of drug-likeness (QED) is 0.245. The lowest BCUT2D eigenvalue weighted by Gasteiger charge is -2.29. The molecule has 0 aromatic heterocycles. The van der Waals surface area contributed by atoms with E-state index in [2.05, 4.69) is 10.5 Å². The van der Waals surface area contributed by atoms with Crippen LogP contribution in [-0.2, 0) is 19.6 Å². The molecule has 4 rings (SSSR count). The molecular formula is C27H29N5O6S. The highest BCUT2D eigenvalue weighted by Crippen LogP contribution is 2.28. The van der Waals surface area contributed by atoms with Gasteiger partial charge in [0.25, 0.3) is 21.6 Å². The molecule has 0 saturated carbocycles. The number of non-ortho nitro benzene ring substituents is 1. The molecule has 1 N–H and O–H groups in total. The smallest absolute Gasteiger partial charge is 0.270 e. The number of nitrogens with zero attached hydrogens (tertiary/aromatic N) is 4. The number of nitro groups is 1. The molecule has 1 fully saturated rings. The number of amides is 1. The van der Waals surface area contributed by atoms with E-state index in [1.54, 1.807) is 43.3 Å². The van der Waals surface area contributed by atoms with Crippen LogP contribution >= 0.6 is 0 Å². The maximum Gasteiger partial charge on any atom is 0.270 e. The molecule has 1 aliphatic rings. The molecule has 0 spiro atoms. The molecule has 12 heteroatoms. The highest BCUT2D eigenvalue weighted by Gasteiger charge is 2.28. The first-order chi connectivity index (χ1) is 18.7. The van der Waals surface area contributed by atoms with Crippen molar-refractivity contribution in [3.63, 3.8) is 0 Å². The second kappa shape index (κ2) is 12.0. The summed E-state index contributed by atoms with van der Waals surface area (Å²) in [7, 11) is -4.07. The fourth-order valence-electron chi connectivity index (χ4n) is 4.20. The summed E-state index contributed by atoms with van der Waals surface area (Å²) in [6.07, 6.45) is 1.32. The summed E-state index contributed by atoms with van der Waals surface area (Å²) in [6.45, 7) is 5.34. The molecule has 0 aliphatic carbocycles. The summed E-state index contributed by atoms with van der Waals surface area (Å²) in [5.74, 6) is -0.676. The number of carbonyl (C=O) groups excluding carboxylic acids is 1. The van der Waals surface area contributed by atoms with Gasteiger partial charge in [-0.2, -0.15) is 5.10 Å². The van der Waals surface area contributed by atoms with Crippen molar-refractivity contribution in [3.8, 4) is 0 Å². The number of morpholine rings is 1. The number of hydrazone groups is 1. The number of nitrogens with one attached hydrogen (secondary N) is 1. The van der Waals surface area contributed by atoms with Crippen LogP contribution in [0.5, 0.6) is 0 Å². The summed E-state index contributed by atoms with van der Waals surface area (Å²) >= 11 is 0. The summed E-state index contributed by atoms with van der Waals surface area (Å²) in [5, 5.41) is 15.3. The Morgan fingerprint density at radius 1 is 1.10 bits per heavy atom. The Morgan fingerprint density at radius 3 is 2.51 bits per heavy atom. The summed E-state index contributed by atoms with van der Waals surface area (Å²) in [5.41, 5.74) is 5.32. The van der Waals surface area contributed by atoms with Gasteiger partial charge in [0, 0.05) is 36.5 Å². The van der Waals surface area contributed by atoms with E-state index in [1.165, 1.54) is 30.5 Å². The number of ether oxygens (including phenoxy) is 1. The van der Waals surface area contributed by atoms with E-state index in [4.69, 9.17) is 4.74 Å². The van der Waals surface area contributed by atoms with Gasteiger partial charge in [0.15, 0.2) is 0 Å². The number of hydrogen-bond acceptors (Lipinski definition) is 8. The molecule has 1 heterocycles. The number of nitro benzene ring substituents is 1. The second-order valence-corrected chi connectivity index (χ2v) is 10.9. The van der Waals surface area contributed by atoms with Crippen LogP contribution in [0.4, 0.5) is 17.1 Å². The van der Waals surface area contributed by atoms with Crippen molar-refractivity contribution in [1.29, 1.82) is 0 Å². The van der Waals surface area contributed by atoms with Crippen LogP contribution in [0.15, 0.2) is 76.7 Å². The van der Waals surface area contributed by atoms with Crippen LogP contribution in [0.25, 0.3) is 0 Å². The number of benzene rings is 3. The zero-order chi connectivity index (χ0) is 28.0. The Bertz CT molecular complexity index is 1490. The molecule has 0 unspecified atom stereocenters. The first-order valence-electron chi connectivity index (χ1n) is 12.2. The Morgan fingerprint density at radius 2 is 1.82 bits per heavy atom. The minimum Gasteiger partial charge on any atom is -0.378 e. The highest BCUT2D eigenvalue weighted by molar-refractivity contribution is 7.92. The third-order valence-electron chi connectivity index (χ3n) is 6.22. The number of carbonyl (C=O) groups is 1. The summed E-state index contributed by atoms with van der Waals surface area (Å²) in [6, 6.07) is 17.7. The number of hydrogen-bond donors (Lipinski definition) is 1. The molecule has 0 radical (unpaired) electrons. The number of rotatable bonds is 9. The Labute approximate surface area is 226 Å². The molecule has 0 bridgehead atoms. The lowest BCUT2D eigenvalue weighted by atomic mass is 10.1. The standard InChI is InChI=1S/C27H29N5O6S/c1-20-8-9-21(2)26(16-20)31(39(36,37)24-6-4-3-5-7-24)19-27(33)29-28-18-22-17-23(32(34)35)10-11-25(22)30-12-14-38-15-13-30/h3-11,16-18H,12-15,19H2,1-2H3,(H,29,33)/b28-18-. The SMILES string of the molecule is Cc1ccc(C)c(N(CC(=O)N/N=C\c2cc([N+](=O)[O-])ccc2N2CCOCC2)S(=O)(=O)c2ccccc2)c1. The first-order valence-corrected chi connectivity index (χ1v) is 13.7. The van der Waals surface area contributed by atoms with E-state index < -0.39 is 27.4 Å². The Hall–Kier alpha value is -4.29. The molecule has 1 amide bonds. The molecule has 39 heavy (non-hydrogen) atoms. The number of anilines is 2. The average Bonchev–Trinajstić information content (AvgIpc) is 2.94. The molecule has 1 aliphatic heterocycles. The predicted molar refractivity (Wildman–Crippen MR) is 149 cm³/mol. The number of aryl methyl sites for hydroxylation is 2. The Balaban J connectivity index is 1.60. The van der Waals surface area contributed by atoms with Crippen molar-refractivity contribution >= 4 is 39.2 Å². The van der Waals surface area contributed by atoms with Gasteiger partial charge in [0.1, 0.15) is 6.54 Å². The molecule has 11 nitrogen and oxygen atoms in total. The van der Waals surface area contributed by atoms with Gasteiger partial charge in [-0.15, -0.1) is 0 Å². The highest BCUT2D eigenvalue weighted by atomic mass is 32.2. The van der Waals surface area contributed by atoms with Crippen LogP contribution < -0.4 is 14.6 Å². The topological polar surface area (TPSA) is 134 Å². The van der Waals surface area contributed by atoms with Crippen LogP contribution in [0.2, 0.25) is 0 Å². The second-order valence-electron chi connectivity index (χ2n) is 9.01. The predicted octanol–water partition coefficient (Wildman–Crippen LogP) is 3.39. The molecule has 3 aromatic carbocycles. The van der Waals surface area contributed by atoms with Crippen molar-refractivity contribution in [1.82, 2.24) is 5.43 Å². The van der Waals surface area contributed by atoms with E-state index in [9.17, 15) is 23.3 Å². The third-order valence-corrected chi connectivity index (χ3v) is 7.99. The van der Waals surface area contributed by atoms with Crippen molar-refractivity contribution in [2.24, 2.45) is 5.10 Å². The van der Waals surface area contributed by atoms with Gasteiger partial charge in [-0.3, -0.25) is 19.2 Å². The van der Waals surface area contributed by atoms with Gasteiger partial charge in [0.2, 0.25) is 0 Å². The zero-order valence-corrected chi connectivity index (χ0v) is 22.4. The number of sulfonamides is 1. The lowest BCUT2D eigenvalue weighted by Crippen LogP contribution is -2.40. The minimum absolute atomic E-state index is 0.0500. The van der Waals surface area contributed by atoms with Gasteiger partial charge in [-0.25, -0.2) is 13.8 Å². The van der Waals surface area contributed by atoms with Crippen LogP contribution in [0, 0.1) is 24.0 Å². The summed E-state index contributed by atoms with van der Waals surface area (Å²) in [4.78, 5) is 25.9. The molecule has 0 atom stereocenters. The maximum absolute atomic E-state index is 13.6. The zero-order valence-electron chi connectivity index (χ0n) is 21.6. The van der Waals surface area contributed by atoms with E-state index in [-0.39, 0.29) is 10.6 Å². The fourth-order valence-corrected chi connectivity index (χ4v) is 5.70. The maximum atomic E-state index is 13.6. The monoisotopic (exact) mass is 551 g/mol. The van der Waals surface area contributed by atoms with E-state index in [0.29, 0.717) is 48.8 Å². The Kier molecular flexibility index (Phi) is 8.57. The fraction of sp³-hybridized carbons (Fsp3) is 0.259. The van der Waals surface area contributed by atoms with Crippen molar-refractivity contribution in [2.75, 3.05) is 42.1 Å². The lowest BCUT2D eigenvalue weighted by molar-refractivity contribution is -0.384. The first kappa shape index (κ1) is 27.7. The largest absolute Gasteiger partial charge is 0.378 e.